The molecule has 1 aliphatic rings. The minimum atomic E-state index is -1.23. The van der Waals surface area contributed by atoms with Crippen LogP contribution in [0.25, 0.3) is 0 Å². The molecule has 3 nitrogen and oxygen atoms in total. The van der Waals surface area contributed by atoms with E-state index in [4.69, 9.17) is 0 Å². The first-order chi connectivity index (χ1) is 10.8. The number of nitrogens with zero attached hydrogens (tertiary/aromatic N) is 2. The van der Waals surface area contributed by atoms with Crippen molar-refractivity contribution >= 4 is 117 Å². The fourth-order valence-corrected chi connectivity index (χ4v) is 98.5. The van der Waals surface area contributed by atoms with Crippen LogP contribution in [0.5, 0.6) is 0 Å². The Labute approximate surface area is 186 Å². The Hall–Kier alpha value is 5.83. The van der Waals surface area contributed by atoms with E-state index < -0.39 is 6.92 Å². The van der Waals surface area contributed by atoms with Gasteiger partial charge in [0, 0.05) is 24.3 Å². The molecule has 1 fully saturated rings. The first-order valence-corrected chi connectivity index (χ1v) is 29.4. The molecule has 1 saturated heterocycles. The predicted molar refractivity (Wildman–Crippen MR) is 150 cm³/mol. The van der Waals surface area contributed by atoms with Gasteiger partial charge in [-0.25, -0.2) is 0 Å². The summed E-state index contributed by atoms with van der Waals surface area (Å²) in [5, 5.41) is 0. The smallest absolute Gasteiger partial charge is 0.169 e. The highest BCUT2D eigenvalue weighted by molar-refractivity contribution is 9.18. The first kappa shape index (κ1) is 32.0. The molecule has 9 unspecified atom stereocenters. The third-order valence-electron chi connectivity index (χ3n) is 2.72. The zero-order valence-corrected chi connectivity index (χ0v) is 28.9. The van der Waals surface area contributed by atoms with Crippen molar-refractivity contribution in [1.82, 2.24) is 9.80 Å². The summed E-state index contributed by atoms with van der Waals surface area (Å²) in [5.74, 6) is 0. The average molecular weight is 658 g/mol. The van der Waals surface area contributed by atoms with Gasteiger partial charge in [-0.2, -0.15) is 0 Å². The van der Waals surface area contributed by atoms with Gasteiger partial charge in [-0.05, 0) is 34.5 Å². The molecule has 1 rings (SSSR count). The highest BCUT2D eigenvalue weighted by Crippen LogP contribution is 3.12. The van der Waals surface area contributed by atoms with Crippen LogP contribution >= 0.6 is 96.4 Å². The largest absolute Gasteiger partial charge is 1.00 e. The maximum atomic E-state index is 11.1. The quantitative estimate of drug-likeness (QED) is 0.394. The minimum Gasteiger partial charge on any atom is -1.00 e. The van der Waals surface area contributed by atoms with Gasteiger partial charge < -0.3 is 21.9 Å². The van der Waals surface area contributed by atoms with Crippen molar-refractivity contribution in [3.63, 3.8) is 0 Å². The van der Waals surface area contributed by atoms with Crippen molar-refractivity contribution in [2.24, 2.45) is 0 Å². The van der Waals surface area contributed by atoms with Crippen LogP contribution in [0.4, 0.5) is 0 Å². The van der Waals surface area contributed by atoms with Crippen LogP contribution in [0.3, 0.4) is 0 Å². The number of hydrogen-bond donors (Lipinski definition) is 0. The van der Waals surface area contributed by atoms with Gasteiger partial charge in [0.25, 0.3) is 0 Å². The molecular weight excluding hydrogens is 632 g/mol. The maximum absolute atomic E-state index is 11.1. The van der Waals surface area contributed by atoms with Crippen LogP contribution in [0.2, 0.25) is 0 Å². The first-order valence-electron chi connectivity index (χ1n) is 6.36. The molecule has 0 aromatic rings. The molecule has 0 aromatic carbocycles. The van der Waals surface area contributed by atoms with E-state index in [9.17, 15) is 4.89 Å². The van der Waals surface area contributed by atoms with E-state index in [1.807, 2.05) is 0 Å². The van der Waals surface area contributed by atoms with Crippen molar-refractivity contribution in [2.45, 2.75) is 6.92 Å². The average Bonchev–Trinajstić information content (AvgIpc) is 2.94. The molecule has 146 valence electrons. The van der Waals surface area contributed by atoms with Gasteiger partial charge in [0.15, 0.2) is 6.29 Å². The van der Waals surface area contributed by atoms with Crippen LogP contribution in [0, 0.1) is 0 Å². The van der Waals surface area contributed by atoms with Gasteiger partial charge in [0.1, 0.15) is 16.4 Å². The number of hydrogen-bond acceptors (Lipinski definition) is 4. The third kappa shape index (κ3) is 14.8. The molecule has 24 heavy (non-hydrogen) atoms. The Kier molecular flexibility index (Phi) is 26.0. The summed E-state index contributed by atoms with van der Waals surface area (Å²) in [6.07, 6.45) is 0.653. The van der Waals surface area contributed by atoms with E-state index in [-0.39, 0.29) is 44.9 Å². The lowest BCUT2D eigenvalue weighted by Gasteiger charge is -2.29. The minimum absolute atomic E-state index is 0. The summed E-state index contributed by atoms with van der Waals surface area (Å²) in [5.41, 5.74) is 0. The zero-order chi connectivity index (χ0) is 18.0. The van der Waals surface area contributed by atoms with Crippen molar-refractivity contribution in [2.75, 3.05) is 32.6 Å². The number of rotatable bonds is 7. The highest BCUT2D eigenvalue weighted by atomic mass is 79.9. The molecular formula is C6H26BrN2OP12S2-. The topological polar surface area (TPSA) is 29.5 Å². The summed E-state index contributed by atoms with van der Waals surface area (Å²) < 4.78 is 0. The van der Waals surface area contributed by atoms with Crippen LogP contribution in [0.1, 0.15) is 6.92 Å². The van der Waals surface area contributed by atoms with Crippen LogP contribution in [-0.4, -0.2) is 42.4 Å². The monoisotopic (exact) mass is 657 g/mol. The van der Waals surface area contributed by atoms with Crippen LogP contribution in [0.15, 0.2) is 0 Å². The van der Waals surface area contributed by atoms with Crippen molar-refractivity contribution in [3.05, 3.63) is 0 Å². The second-order valence-electron chi connectivity index (χ2n) is 4.30. The molecule has 0 radical (unpaired) electrons. The second-order valence-corrected chi connectivity index (χ2v) is 47.5. The second kappa shape index (κ2) is 19.5. The highest BCUT2D eigenvalue weighted by Gasteiger charge is 2.23. The maximum Gasteiger partial charge on any atom is 0.169 e. The molecule has 0 amide bonds. The Morgan fingerprint density at radius 2 is 1.67 bits per heavy atom. The lowest BCUT2D eigenvalue weighted by Crippen LogP contribution is -3.00. The van der Waals surface area contributed by atoms with E-state index >= 15 is 0 Å². The predicted octanol–water partition coefficient (Wildman–Crippen LogP) is 2.75. The van der Waals surface area contributed by atoms with Gasteiger partial charge in [0.2, 0.25) is 0 Å². The summed E-state index contributed by atoms with van der Waals surface area (Å²) in [6, 6.07) is 0. The molecule has 9 atom stereocenters. The lowest BCUT2D eigenvalue weighted by molar-refractivity contribution is -0.153. The summed E-state index contributed by atoms with van der Waals surface area (Å²) >= 11 is 4.66. The normalized spacial score (nSPS) is 18.0. The summed E-state index contributed by atoms with van der Waals surface area (Å²) in [4.78, 5) is 15.6. The third-order valence-corrected chi connectivity index (χ3v) is 64.9. The van der Waals surface area contributed by atoms with E-state index in [1.54, 1.807) is 0 Å². The molecule has 0 bridgehead atoms. The Bertz CT molecular complexity index is 383. The van der Waals surface area contributed by atoms with Crippen molar-refractivity contribution in [1.29, 1.82) is 0 Å². The summed E-state index contributed by atoms with van der Waals surface area (Å²) in [7, 11) is 20.0. The Balaban J connectivity index is 0. The van der Waals surface area contributed by atoms with Gasteiger partial charge in [0.05, 0.1) is 6.67 Å². The molecule has 1 heterocycles. The van der Waals surface area contributed by atoms with E-state index in [0.29, 0.717) is 6.29 Å². The van der Waals surface area contributed by atoms with Gasteiger partial charge >= 0.3 is 0 Å². The van der Waals surface area contributed by atoms with E-state index in [1.165, 1.54) is 0 Å². The number of likely N-dealkylation sites (N-methyl/N-ethyl adjacent to an activating group) is 1. The molecule has 0 spiro atoms. The van der Waals surface area contributed by atoms with Gasteiger partial charge in [-0.1, -0.05) is 14.9 Å². The molecule has 0 aliphatic carbocycles. The van der Waals surface area contributed by atoms with Crippen molar-refractivity contribution < 1.29 is 21.9 Å². The van der Waals surface area contributed by atoms with Gasteiger partial charge in [-0.15, -0.1) is 53.6 Å². The fraction of sp³-hybridized carbons (Fsp3) is 1.00. The molecule has 0 aromatic heterocycles. The van der Waals surface area contributed by atoms with Crippen LogP contribution in [-0.2, 0) is 20.7 Å². The SMILES string of the molecule is CCN1CCN(C[P+]([O-])=S=S)C1.PPP(P)P(P(P)P)P(P)P.[Br-]. The lowest BCUT2D eigenvalue weighted by atomic mass is 10.6. The molecule has 18 heteroatoms. The molecule has 0 saturated carbocycles. The summed E-state index contributed by atoms with van der Waals surface area (Å²) in [6.45, 7) is 5.84. The Morgan fingerprint density at radius 1 is 1.17 bits per heavy atom. The van der Waals surface area contributed by atoms with E-state index in [0.717, 1.165) is 43.8 Å². The molecule has 1 aliphatic heterocycles. The molecule has 0 N–H and O–H groups in total. The zero-order valence-electron chi connectivity index (χ0n) is 13.2. The number of halogens is 1. The van der Waals surface area contributed by atoms with Gasteiger partial charge in [-0.3, -0.25) is 9.80 Å². The standard InChI is InChI=1S/C6H13N2OPS2.BrH.H13P11/c1-2-7-3-4-8(5-7)6-10(9)12-11;;1-7-10(6)11(8(2)3)9(4)5/h2-6H2,1H3;1H;7H,1-6H2/p-1. The van der Waals surface area contributed by atoms with E-state index in [2.05, 4.69) is 81.5 Å². The Morgan fingerprint density at radius 3 is 1.96 bits per heavy atom. The van der Waals surface area contributed by atoms with Crippen LogP contribution < -0.4 is 21.9 Å². The fourth-order valence-electron chi connectivity index (χ4n) is 1.66. The van der Waals surface area contributed by atoms with Crippen molar-refractivity contribution in [3.8, 4) is 0 Å².